The Balaban J connectivity index is 1.44. The van der Waals surface area contributed by atoms with Gasteiger partial charge >= 0.3 is 0 Å². The number of hydrogen-bond acceptors (Lipinski definition) is 2. The number of hydrogen-bond donors (Lipinski definition) is 2. The first-order valence-corrected chi connectivity index (χ1v) is 7.24. The van der Waals surface area contributed by atoms with E-state index >= 15 is 0 Å². The molecule has 2 amide bonds. The van der Waals surface area contributed by atoms with Crippen molar-refractivity contribution in [2.75, 3.05) is 6.54 Å². The molecule has 0 heterocycles. The van der Waals surface area contributed by atoms with Gasteiger partial charge in [0.1, 0.15) is 0 Å². The van der Waals surface area contributed by atoms with Gasteiger partial charge in [0, 0.05) is 5.92 Å². The normalized spacial score (nSPS) is 50.8. The number of primary amides is 1. The van der Waals surface area contributed by atoms with Crippen molar-refractivity contribution in [3.05, 3.63) is 0 Å². The second kappa shape index (κ2) is 3.49. The van der Waals surface area contributed by atoms with E-state index in [1.54, 1.807) is 0 Å². The van der Waals surface area contributed by atoms with Crippen LogP contribution in [0.5, 0.6) is 0 Å². The summed E-state index contributed by atoms with van der Waals surface area (Å²) in [5.74, 6) is 4.60. The van der Waals surface area contributed by atoms with Gasteiger partial charge in [0.25, 0.3) is 0 Å². The lowest BCUT2D eigenvalue weighted by Crippen LogP contribution is -2.35. The molecule has 4 heteroatoms. The highest BCUT2D eigenvalue weighted by Crippen LogP contribution is 2.75. The monoisotopic (exact) mass is 248 g/mol. The number of nitrogens with one attached hydrogen (secondary N) is 1. The molecule has 4 rings (SSSR count). The van der Waals surface area contributed by atoms with Crippen LogP contribution in [0.4, 0.5) is 0 Å². The van der Waals surface area contributed by atoms with Crippen molar-refractivity contribution in [2.45, 2.75) is 25.7 Å². The van der Waals surface area contributed by atoms with E-state index in [9.17, 15) is 9.59 Å². The molecule has 0 saturated heterocycles. The Morgan fingerprint density at radius 3 is 2.22 bits per heavy atom. The van der Waals surface area contributed by atoms with E-state index in [1.165, 1.54) is 25.7 Å². The molecule has 18 heavy (non-hydrogen) atoms. The van der Waals surface area contributed by atoms with Gasteiger partial charge in [-0.1, -0.05) is 6.42 Å². The summed E-state index contributed by atoms with van der Waals surface area (Å²) in [6, 6.07) is 0. The minimum absolute atomic E-state index is 0.00301. The van der Waals surface area contributed by atoms with E-state index < -0.39 is 5.91 Å². The molecule has 0 aromatic heterocycles. The lowest BCUT2D eigenvalue weighted by Gasteiger charge is -2.23. The van der Waals surface area contributed by atoms with E-state index in [-0.39, 0.29) is 18.4 Å². The van der Waals surface area contributed by atoms with Crippen LogP contribution in [0.3, 0.4) is 0 Å². The van der Waals surface area contributed by atoms with Gasteiger partial charge in [-0.25, -0.2) is 0 Å². The molecule has 0 spiro atoms. The highest BCUT2D eigenvalue weighted by Gasteiger charge is 2.72. The quantitative estimate of drug-likeness (QED) is 0.764. The van der Waals surface area contributed by atoms with Gasteiger partial charge in [-0.2, -0.15) is 0 Å². The molecule has 2 bridgehead atoms. The second-order valence-electron chi connectivity index (χ2n) is 6.69. The summed E-state index contributed by atoms with van der Waals surface area (Å²) in [5, 5.41) is 2.69. The zero-order valence-corrected chi connectivity index (χ0v) is 10.5. The first-order chi connectivity index (χ1) is 8.68. The number of amides is 2. The predicted molar refractivity (Wildman–Crippen MR) is 65.1 cm³/mol. The molecule has 3 N–H and O–H groups in total. The SMILES string of the molecule is NC(=O)CNC(=O)C1C2C3CC(C4CCCC43)C12. The van der Waals surface area contributed by atoms with Crippen LogP contribution < -0.4 is 11.1 Å². The van der Waals surface area contributed by atoms with Crippen LogP contribution in [0.1, 0.15) is 25.7 Å². The predicted octanol–water partition coefficient (Wildman–Crippen LogP) is 0.516. The molecular formula is C14H20N2O2. The van der Waals surface area contributed by atoms with E-state index in [2.05, 4.69) is 5.32 Å². The zero-order valence-electron chi connectivity index (χ0n) is 10.5. The first-order valence-electron chi connectivity index (χ1n) is 7.24. The fourth-order valence-corrected chi connectivity index (χ4v) is 5.73. The molecule has 4 fully saturated rings. The molecule has 6 unspecified atom stereocenters. The molecule has 4 aliphatic rings. The van der Waals surface area contributed by atoms with Crippen LogP contribution in [-0.2, 0) is 9.59 Å². The third-order valence-corrected chi connectivity index (χ3v) is 6.13. The molecule has 0 aromatic rings. The zero-order chi connectivity index (χ0) is 12.4. The molecule has 4 nitrogen and oxygen atoms in total. The Bertz CT molecular complexity index is 400. The van der Waals surface area contributed by atoms with Gasteiger partial charge < -0.3 is 11.1 Å². The summed E-state index contributed by atoms with van der Waals surface area (Å²) in [5.41, 5.74) is 5.07. The Hall–Kier alpha value is -1.06. The molecule has 98 valence electrons. The van der Waals surface area contributed by atoms with Gasteiger partial charge in [-0.3, -0.25) is 9.59 Å². The average molecular weight is 248 g/mol. The summed E-state index contributed by atoms with van der Waals surface area (Å²) in [6.45, 7) is -0.00301. The third kappa shape index (κ3) is 1.26. The van der Waals surface area contributed by atoms with Crippen LogP contribution >= 0.6 is 0 Å². The van der Waals surface area contributed by atoms with Gasteiger partial charge in [-0.05, 0) is 54.8 Å². The molecule has 0 aromatic carbocycles. The standard InChI is InChI=1S/C14H20N2O2/c15-10(17)5-16-14(18)13-11-8-4-9(12(11)13)7-3-1-2-6(7)8/h6-9,11-13H,1-5H2,(H2,15,17)(H,16,18). The largest absolute Gasteiger partial charge is 0.368 e. The summed E-state index contributed by atoms with van der Waals surface area (Å²) in [4.78, 5) is 22.7. The Morgan fingerprint density at radius 1 is 1.06 bits per heavy atom. The topological polar surface area (TPSA) is 72.2 Å². The fraction of sp³-hybridized carbons (Fsp3) is 0.857. The van der Waals surface area contributed by atoms with Crippen molar-refractivity contribution < 1.29 is 9.59 Å². The highest BCUT2D eigenvalue weighted by atomic mass is 16.2. The van der Waals surface area contributed by atoms with Gasteiger partial charge in [0.05, 0.1) is 6.54 Å². The number of rotatable bonds is 3. The smallest absolute Gasteiger partial charge is 0.236 e. The lowest BCUT2D eigenvalue weighted by molar-refractivity contribution is -0.126. The summed E-state index contributed by atoms with van der Waals surface area (Å²) in [7, 11) is 0. The van der Waals surface area contributed by atoms with Gasteiger partial charge in [0.2, 0.25) is 11.8 Å². The first kappa shape index (κ1) is 10.8. The Labute approximate surface area is 107 Å². The molecule has 0 aliphatic heterocycles. The minimum Gasteiger partial charge on any atom is -0.368 e. The Morgan fingerprint density at radius 2 is 1.67 bits per heavy atom. The van der Waals surface area contributed by atoms with E-state index in [0.717, 1.165) is 23.7 Å². The van der Waals surface area contributed by atoms with Crippen molar-refractivity contribution in [3.8, 4) is 0 Å². The molecule has 6 atom stereocenters. The van der Waals surface area contributed by atoms with E-state index in [1.807, 2.05) is 0 Å². The third-order valence-electron chi connectivity index (χ3n) is 6.13. The van der Waals surface area contributed by atoms with Crippen molar-refractivity contribution >= 4 is 11.8 Å². The van der Waals surface area contributed by atoms with Crippen LogP contribution in [0.15, 0.2) is 0 Å². The van der Waals surface area contributed by atoms with Crippen molar-refractivity contribution in [1.82, 2.24) is 5.32 Å². The summed E-state index contributed by atoms with van der Waals surface area (Å²) in [6.07, 6.45) is 5.57. The maximum Gasteiger partial charge on any atom is 0.236 e. The van der Waals surface area contributed by atoms with Crippen molar-refractivity contribution in [2.24, 2.45) is 47.2 Å². The molecule has 4 saturated carbocycles. The average Bonchev–Trinajstić information content (AvgIpc) is 2.69. The fourth-order valence-electron chi connectivity index (χ4n) is 5.73. The van der Waals surface area contributed by atoms with Crippen LogP contribution in [0, 0.1) is 41.4 Å². The van der Waals surface area contributed by atoms with Crippen molar-refractivity contribution in [3.63, 3.8) is 0 Å². The van der Waals surface area contributed by atoms with Crippen LogP contribution in [0.25, 0.3) is 0 Å². The van der Waals surface area contributed by atoms with E-state index in [4.69, 9.17) is 5.73 Å². The van der Waals surface area contributed by atoms with Crippen molar-refractivity contribution in [1.29, 1.82) is 0 Å². The van der Waals surface area contributed by atoms with Crippen LogP contribution in [0.2, 0.25) is 0 Å². The summed E-state index contributed by atoms with van der Waals surface area (Å²) >= 11 is 0. The number of carbonyl (C=O) groups excluding carboxylic acids is 2. The van der Waals surface area contributed by atoms with Gasteiger partial charge in [-0.15, -0.1) is 0 Å². The Kier molecular flexibility index (Phi) is 2.10. The maximum atomic E-state index is 12.0. The molecule has 4 aliphatic carbocycles. The highest BCUT2D eigenvalue weighted by molar-refractivity contribution is 5.87. The minimum atomic E-state index is -0.450. The molecular weight excluding hydrogens is 228 g/mol. The molecule has 0 radical (unpaired) electrons. The van der Waals surface area contributed by atoms with E-state index in [0.29, 0.717) is 11.8 Å². The van der Waals surface area contributed by atoms with Crippen LogP contribution in [-0.4, -0.2) is 18.4 Å². The number of carbonyl (C=O) groups is 2. The maximum absolute atomic E-state index is 12.0. The lowest BCUT2D eigenvalue weighted by atomic mass is 9.82. The number of fused-ring (bicyclic) bond motifs is 8. The van der Waals surface area contributed by atoms with Gasteiger partial charge in [0.15, 0.2) is 0 Å². The number of nitrogens with two attached hydrogens (primary N) is 1. The summed E-state index contributed by atoms with van der Waals surface area (Å²) < 4.78 is 0. The second-order valence-corrected chi connectivity index (χ2v) is 6.69.